The molecule has 1 saturated heterocycles. The summed E-state index contributed by atoms with van der Waals surface area (Å²) in [4.78, 5) is 30.2. The number of carbonyl (C=O) groups excluding carboxylic acids is 2. The SMILES string of the molecule is CCOC(=O)c1c(C)[nH]c(C(=O)N2CCN(S(=O)(=O)c3ccc4ccccc4c3)CC2)c1C. The number of aromatic amines is 1. The van der Waals surface area contributed by atoms with E-state index in [2.05, 4.69) is 4.98 Å². The van der Waals surface area contributed by atoms with Crippen LogP contribution in [0.5, 0.6) is 0 Å². The molecule has 3 aromatic rings. The summed E-state index contributed by atoms with van der Waals surface area (Å²) in [6.45, 7) is 6.34. The zero-order valence-corrected chi connectivity index (χ0v) is 19.7. The molecule has 0 bridgehead atoms. The van der Waals surface area contributed by atoms with Gasteiger partial charge in [0.05, 0.1) is 17.1 Å². The first-order valence-electron chi connectivity index (χ1n) is 10.9. The number of amides is 1. The number of piperazine rings is 1. The van der Waals surface area contributed by atoms with Crippen molar-refractivity contribution in [3.8, 4) is 0 Å². The Hall–Kier alpha value is -3.17. The maximum Gasteiger partial charge on any atom is 0.340 e. The van der Waals surface area contributed by atoms with E-state index in [4.69, 9.17) is 4.74 Å². The number of hydrogen-bond acceptors (Lipinski definition) is 5. The van der Waals surface area contributed by atoms with Gasteiger partial charge in [-0.3, -0.25) is 4.79 Å². The number of aryl methyl sites for hydroxylation is 1. The van der Waals surface area contributed by atoms with E-state index >= 15 is 0 Å². The summed E-state index contributed by atoms with van der Waals surface area (Å²) in [5, 5.41) is 1.84. The lowest BCUT2D eigenvalue weighted by atomic mass is 10.1. The van der Waals surface area contributed by atoms with Crippen LogP contribution in [-0.4, -0.2) is 67.3 Å². The van der Waals surface area contributed by atoms with Crippen LogP contribution < -0.4 is 0 Å². The van der Waals surface area contributed by atoms with Crippen LogP contribution in [0.1, 0.15) is 39.0 Å². The molecule has 33 heavy (non-hydrogen) atoms. The zero-order chi connectivity index (χ0) is 23.8. The Bertz CT molecular complexity index is 1320. The molecule has 0 spiro atoms. The van der Waals surface area contributed by atoms with E-state index in [1.54, 1.807) is 43.9 Å². The highest BCUT2D eigenvalue weighted by atomic mass is 32.2. The Morgan fingerprint density at radius 3 is 2.33 bits per heavy atom. The number of benzene rings is 2. The van der Waals surface area contributed by atoms with Gasteiger partial charge in [-0.05, 0) is 49.2 Å². The third kappa shape index (κ3) is 4.26. The average Bonchev–Trinajstić information content (AvgIpc) is 3.12. The Balaban J connectivity index is 1.49. The van der Waals surface area contributed by atoms with Gasteiger partial charge in [0.1, 0.15) is 5.69 Å². The van der Waals surface area contributed by atoms with E-state index < -0.39 is 16.0 Å². The van der Waals surface area contributed by atoms with Gasteiger partial charge in [-0.25, -0.2) is 13.2 Å². The molecule has 1 N–H and O–H groups in total. The first-order chi connectivity index (χ1) is 15.7. The quantitative estimate of drug-likeness (QED) is 0.579. The summed E-state index contributed by atoms with van der Waals surface area (Å²) < 4.78 is 32.9. The molecule has 1 amide bonds. The molecular formula is C24H27N3O5S. The van der Waals surface area contributed by atoms with Crippen LogP contribution in [0.25, 0.3) is 10.8 Å². The molecule has 8 nitrogen and oxygen atoms in total. The number of ether oxygens (including phenoxy) is 1. The Kier molecular flexibility index (Phi) is 6.27. The largest absolute Gasteiger partial charge is 0.462 e. The lowest BCUT2D eigenvalue weighted by Gasteiger charge is -2.34. The van der Waals surface area contributed by atoms with Crippen molar-refractivity contribution >= 4 is 32.7 Å². The van der Waals surface area contributed by atoms with Crippen molar-refractivity contribution < 1.29 is 22.7 Å². The maximum atomic E-state index is 13.2. The number of nitrogens with zero attached hydrogens (tertiary/aromatic N) is 2. The molecule has 1 aromatic heterocycles. The third-order valence-electron chi connectivity index (χ3n) is 6.02. The van der Waals surface area contributed by atoms with Crippen molar-refractivity contribution in [3.05, 3.63) is 65.0 Å². The van der Waals surface area contributed by atoms with Crippen molar-refractivity contribution in [2.45, 2.75) is 25.7 Å². The predicted molar refractivity (Wildman–Crippen MR) is 125 cm³/mol. The molecule has 1 aliphatic rings. The molecular weight excluding hydrogens is 442 g/mol. The topological polar surface area (TPSA) is 99.8 Å². The van der Waals surface area contributed by atoms with Crippen LogP contribution >= 0.6 is 0 Å². The Morgan fingerprint density at radius 1 is 1.00 bits per heavy atom. The van der Waals surface area contributed by atoms with Crippen molar-refractivity contribution in [3.63, 3.8) is 0 Å². The highest BCUT2D eigenvalue weighted by Gasteiger charge is 2.32. The third-order valence-corrected chi connectivity index (χ3v) is 7.91. The second-order valence-electron chi connectivity index (χ2n) is 8.05. The summed E-state index contributed by atoms with van der Waals surface area (Å²) in [7, 11) is -3.67. The summed E-state index contributed by atoms with van der Waals surface area (Å²) in [5.41, 5.74) is 1.83. The van der Waals surface area contributed by atoms with Crippen LogP contribution in [0.3, 0.4) is 0 Å². The van der Waals surface area contributed by atoms with Crippen LogP contribution in [0, 0.1) is 13.8 Å². The molecule has 2 aromatic carbocycles. The fourth-order valence-electron chi connectivity index (χ4n) is 4.24. The van der Waals surface area contributed by atoms with E-state index in [-0.39, 0.29) is 43.6 Å². The molecule has 2 heterocycles. The molecule has 0 atom stereocenters. The number of H-pyrrole nitrogens is 1. The first kappa shape index (κ1) is 23.0. The van der Waals surface area contributed by atoms with E-state index in [0.29, 0.717) is 22.5 Å². The summed E-state index contributed by atoms with van der Waals surface area (Å²) in [6, 6.07) is 12.7. The predicted octanol–water partition coefficient (Wildman–Crippen LogP) is 3.11. The highest BCUT2D eigenvalue weighted by Crippen LogP contribution is 2.24. The minimum Gasteiger partial charge on any atom is -0.462 e. The minimum absolute atomic E-state index is 0.199. The van der Waals surface area contributed by atoms with E-state index in [1.165, 1.54) is 4.31 Å². The van der Waals surface area contributed by atoms with Crippen molar-refractivity contribution in [1.29, 1.82) is 0 Å². The van der Waals surface area contributed by atoms with Crippen molar-refractivity contribution in [2.75, 3.05) is 32.8 Å². The monoisotopic (exact) mass is 469 g/mol. The smallest absolute Gasteiger partial charge is 0.340 e. The van der Waals surface area contributed by atoms with Crippen molar-refractivity contribution in [1.82, 2.24) is 14.2 Å². The molecule has 174 valence electrons. The van der Waals surface area contributed by atoms with Crippen LogP contribution in [0.4, 0.5) is 0 Å². The van der Waals surface area contributed by atoms with Gasteiger partial charge in [0, 0.05) is 31.9 Å². The molecule has 0 unspecified atom stereocenters. The second kappa shape index (κ2) is 8.99. The summed E-state index contributed by atoms with van der Waals surface area (Å²) in [5.74, 6) is -0.719. The van der Waals surface area contributed by atoms with Gasteiger partial charge in [0.15, 0.2) is 0 Å². The van der Waals surface area contributed by atoms with Gasteiger partial charge in [-0.15, -0.1) is 0 Å². The molecule has 1 fully saturated rings. The standard InChI is InChI=1S/C24H27N3O5S/c1-4-32-24(29)21-16(2)22(25-17(21)3)23(28)26-11-13-27(14-12-26)33(30,31)20-10-9-18-7-5-6-8-19(18)15-20/h5-10,15,25H,4,11-14H2,1-3H3. The van der Waals surface area contributed by atoms with E-state index in [1.807, 2.05) is 24.3 Å². The molecule has 1 aliphatic heterocycles. The Morgan fingerprint density at radius 2 is 1.67 bits per heavy atom. The summed E-state index contributed by atoms with van der Waals surface area (Å²) >= 11 is 0. The molecule has 0 saturated carbocycles. The van der Waals surface area contributed by atoms with Crippen LogP contribution in [0.2, 0.25) is 0 Å². The van der Waals surface area contributed by atoms with Crippen molar-refractivity contribution in [2.24, 2.45) is 0 Å². The molecule has 0 radical (unpaired) electrons. The first-order valence-corrected chi connectivity index (χ1v) is 12.3. The minimum atomic E-state index is -3.67. The number of fused-ring (bicyclic) bond motifs is 1. The number of esters is 1. The van der Waals surface area contributed by atoms with E-state index in [0.717, 1.165) is 10.8 Å². The molecule has 4 rings (SSSR count). The molecule has 9 heteroatoms. The normalized spacial score (nSPS) is 15.1. The number of carbonyl (C=O) groups is 2. The molecule has 0 aliphatic carbocycles. The fraction of sp³-hybridized carbons (Fsp3) is 0.333. The fourth-order valence-corrected chi connectivity index (χ4v) is 5.70. The summed E-state index contributed by atoms with van der Waals surface area (Å²) in [6.07, 6.45) is 0. The second-order valence-corrected chi connectivity index (χ2v) is 9.99. The van der Waals surface area contributed by atoms with Gasteiger partial charge in [-0.1, -0.05) is 30.3 Å². The van der Waals surface area contributed by atoms with Crippen LogP contribution in [-0.2, 0) is 14.8 Å². The van der Waals surface area contributed by atoms with Gasteiger partial charge in [0.25, 0.3) is 5.91 Å². The number of rotatable bonds is 5. The maximum absolute atomic E-state index is 13.2. The average molecular weight is 470 g/mol. The van der Waals surface area contributed by atoms with Gasteiger partial charge in [0.2, 0.25) is 10.0 Å². The lowest BCUT2D eigenvalue weighted by Crippen LogP contribution is -2.50. The Labute approximate surface area is 193 Å². The van der Waals surface area contributed by atoms with Gasteiger partial charge < -0.3 is 14.6 Å². The number of hydrogen-bond donors (Lipinski definition) is 1. The highest BCUT2D eigenvalue weighted by molar-refractivity contribution is 7.89. The number of sulfonamides is 1. The lowest BCUT2D eigenvalue weighted by molar-refractivity contribution is 0.0525. The van der Waals surface area contributed by atoms with E-state index in [9.17, 15) is 18.0 Å². The number of aromatic nitrogens is 1. The van der Waals surface area contributed by atoms with Gasteiger partial charge in [-0.2, -0.15) is 4.31 Å². The number of nitrogens with one attached hydrogen (secondary N) is 1. The van der Waals surface area contributed by atoms with Gasteiger partial charge >= 0.3 is 5.97 Å². The van der Waals surface area contributed by atoms with Crippen LogP contribution in [0.15, 0.2) is 47.4 Å². The zero-order valence-electron chi connectivity index (χ0n) is 18.9.